The topological polar surface area (TPSA) is 83.6 Å². The van der Waals surface area contributed by atoms with Crippen molar-refractivity contribution in [3.05, 3.63) is 17.8 Å². The van der Waals surface area contributed by atoms with Gasteiger partial charge in [0.2, 0.25) is 5.91 Å². The third-order valence-corrected chi connectivity index (χ3v) is 4.41. The largest absolute Gasteiger partial charge is 0.481 e. The van der Waals surface area contributed by atoms with Crippen LogP contribution in [-0.4, -0.2) is 39.5 Å². The standard InChI is InChI=1S/C14H18N2O4/c1-8-15-10(7-20-8)5-13(17)16-6-9-2-3-12(16)11(4-9)14(18)19/h7,9,11-12H,2-6H2,1H3,(H,18,19)/t9-,11-,12+/m1/s1. The molecule has 1 aromatic heterocycles. The van der Waals surface area contributed by atoms with Crippen LogP contribution in [0.2, 0.25) is 0 Å². The van der Waals surface area contributed by atoms with Gasteiger partial charge in [0.05, 0.1) is 18.0 Å². The minimum Gasteiger partial charge on any atom is -0.481 e. The number of amides is 1. The summed E-state index contributed by atoms with van der Waals surface area (Å²) < 4.78 is 5.10. The van der Waals surface area contributed by atoms with E-state index in [2.05, 4.69) is 4.98 Å². The number of carboxylic acids is 1. The van der Waals surface area contributed by atoms with E-state index >= 15 is 0 Å². The van der Waals surface area contributed by atoms with Crippen LogP contribution in [0.15, 0.2) is 10.7 Å². The average molecular weight is 278 g/mol. The zero-order valence-electron chi connectivity index (χ0n) is 11.4. The smallest absolute Gasteiger partial charge is 0.308 e. The summed E-state index contributed by atoms with van der Waals surface area (Å²) >= 11 is 0. The average Bonchev–Trinajstić information content (AvgIpc) is 2.84. The molecular formula is C14H18N2O4. The third kappa shape index (κ3) is 2.30. The molecule has 1 N–H and O–H groups in total. The maximum atomic E-state index is 12.4. The van der Waals surface area contributed by atoms with Gasteiger partial charge in [-0.25, -0.2) is 4.98 Å². The number of aliphatic carboxylic acids is 1. The molecule has 1 amide bonds. The summed E-state index contributed by atoms with van der Waals surface area (Å²) in [5, 5.41) is 9.29. The molecule has 3 heterocycles. The fourth-order valence-electron chi connectivity index (χ4n) is 3.49. The minimum atomic E-state index is -0.783. The quantitative estimate of drug-likeness (QED) is 0.899. The number of hydrogen-bond acceptors (Lipinski definition) is 4. The Bertz CT molecular complexity index is 539. The van der Waals surface area contributed by atoms with Crippen LogP contribution in [0, 0.1) is 18.8 Å². The van der Waals surface area contributed by atoms with Gasteiger partial charge < -0.3 is 14.4 Å². The molecule has 6 heteroatoms. The predicted molar refractivity (Wildman–Crippen MR) is 68.9 cm³/mol. The molecule has 0 unspecified atom stereocenters. The molecule has 0 radical (unpaired) electrons. The molecule has 1 aliphatic carbocycles. The minimum absolute atomic E-state index is 0.0426. The summed E-state index contributed by atoms with van der Waals surface area (Å²) in [5.41, 5.74) is 0.612. The van der Waals surface area contributed by atoms with Crippen LogP contribution in [0.1, 0.15) is 30.8 Å². The Kier molecular flexibility index (Phi) is 3.23. The van der Waals surface area contributed by atoms with E-state index in [4.69, 9.17) is 4.42 Å². The Hall–Kier alpha value is -1.85. The lowest BCUT2D eigenvalue weighted by Gasteiger charge is -2.48. The van der Waals surface area contributed by atoms with Crippen molar-refractivity contribution in [3.63, 3.8) is 0 Å². The molecule has 1 aromatic rings. The number of piperidine rings is 2. The Morgan fingerprint density at radius 1 is 1.50 bits per heavy atom. The molecule has 0 spiro atoms. The van der Waals surface area contributed by atoms with Crippen molar-refractivity contribution in [2.24, 2.45) is 11.8 Å². The molecule has 2 aliphatic heterocycles. The molecule has 3 fully saturated rings. The number of carbonyl (C=O) groups excluding carboxylic acids is 1. The highest BCUT2D eigenvalue weighted by Crippen LogP contribution is 2.39. The number of carboxylic acid groups (broad SMARTS) is 1. The lowest BCUT2D eigenvalue weighted by Crippen LogP contribution is -2.57. The van der Waals surface area contributed by atoms with Crippen molar-refractivity contribution in [2.75, 3.05) is 6.54 Å². The van der Waals surface area contributed by atoms with Gasteiger partial charge in [-0.15, -0.1) is 0 Å². The molecule has 4 rings (SSSR count). The first kappa shape index (κ1) is 13.1. The second kappa shape index (κ2) is 4.92. The first-order valence-electron chi connectivity index (χ1n) is 6.98. The van der Waals surface area contributed by atoms with Crippen LogP contribution in [0.25, 0.3) is 0 Å². The van der Waals surface area contributed by atoms with E-state index in [9.17, 15) is 14.7 Å². The van der Waals surface area contributed by atoms with Crippen LogP contribution >= 0.6 is 0 Å². The maximum absolute atomic E-state index is 12.4. The zero-order valence-corrected chi connectivity index (χ0v) is 11.4. The van der Waals surface area contributed by atoms with Gasteiger partial charge in [-0.05, 0) is 25.2 Å². The van der Waals surface area contributed by atoms with Crippen molar-refractivity contribution in [2.45, 2.75) is 38.6 Å². The number of aromatic nitrogens is 1. The van der Waals surface area contributed by atoms with E-state index in [1.165, 1.54) is 6.26 Å². The maximum Gasteiger partial charge on any atom is 0.308 e. The Balaban J connectivity index is 1.73. The van der Waals surface area contributed by atoms with Crippen molar-refractivity contribution >= 4 is 11.9 Å². The van der Waals surface area contributed by atoms with Crippen molar-refractivity contribution in [1.29, 1.82) is 0 Å². The van der Waals surface area contributed by atoms with Crippen LogP contribution in [-0.2, 0) is 16.0 Å². The van der Waals surface area contributed by atoms with Gasteiger partial charge >= 0.3 is 5.97 Å². The first-order chi connectivity index (χ1) is 9.54. The number of nitrogens with zero attached hydrogens (tertiary/aromatic N) is 2. The number of fused-ring (bicyclic) bond motifs is 3. The van der Waals surface area contributed by atoms with E-state index < -0.39 is 11.9 Å². The monoisotopic (exact) mass is 278 g/mol. The molecule has 0 aromatic carbocycles. The van der Waals surface area contributed by atoms with Crippen molar-refractivity contribution in [3.8, 4) is 0 Å². The second-order valence-electron chi connectivity index (χ2n) is 5.77. The summed E-state index contributed by atoms with van der Waals surface area (Å²) in [5.74, 6) is -0.376. The van der Waals surface area contributed by atoms with Crippen LogP contribution < -0.4 is 0 Å². The van der Waals surface area contributed by atoms with Crippen LogP contribution in [0.3, 0.4) is 0 Å². The summed E-state index contributed by atoms with van der Waals surface area (Å²) in [6.07, 6.45) is 4.20. The number of aryl methyl sites for hydroxylation is 1. The van der Waals surface area contributed by atoms with E-state index in [1.54, 1.807) is 11.8 Å². The fraction of sp³-hybridized carbons (Fsp3) is 0.643. The normalized spacial score (nSPS) is 28.6. The molecule has 20 heavy (non-hydrogen) atoms. The highest BCUT2D eigenvalue weighted by molar-refractivity contribution is 5.80. The lowest BCUT2D eigenvalue weighted by atomic mass is 9.72. The van der Waals surface area contributed by atoms with E-state index in [1.807, 2.05) is 0 Å². The number of carbonyl (C=O) groups is 2. The number of rotatable bonds is 3. The molecule has 3 aliphatic rings. The molecular weight excluding hydrogens is 260 g/mol. The Morgan fingerprint density at radius 3 is 2.90 bits per heavy atom. The van der Waals surface area contributed by atoms with E-state index in [-0.39, 0.29) is 18.4 Å². The van der Waals surface area contributed by atoms with E-state index in [0.29, 0.717) is 30.5 Å². The van der Waals surface area contributed by atoms with E-state index in [0.717, 1.165) is 12.8 Å². The van der Waals surface area contributed by atoms with Crippen LogP contribution in [0.5, 0.6) is 0 Å². The van der Waals surface area contributed by atoms with Crippen molar-refractivity contribution in [1.82, 2.24) is 9.88 Å². The number of hydrogen-bond donors (Lipinski definition) is 1. The molecule has 2 bridgehead atoms. The van der Waals surface area contributed by atoms with Gasteiger partial charge in [-0.1, -0.05) is 0 Å². The van der Waals surface area contributed by atoms with Gasteiger partial charge in [0.25, 0.3) is 0 Å². The van der Waals surface area contributed by atoms with Gasteiger partial charge in [0.15, 0.2) is 5.89 Å². The van der Waals surface area contributed by atoms with Gasteiger partial charge in [0, 0.05) is 19.5 Å². The summed E-state index contributed by atoms with van der Waals surface area (Å²) in [6, 6.07) is -0.155. The highest BCUT2D eigenvalue weighted by atomic mass is 16.4. The summed E-state index contributed by atoms with van der Waals surface area (Å²) in [7, 11) is 0. The zero-order chi connectivity index (χ0) is 14.3. The highest BCUT2D eigenvalue weighted by Gasteiger charge is 2.45. The Morgan fingerprint density at radius 2 is 2.30 bits per heavy atom. The summed E-state index contributed by atoms with van der Waals surface area (Å²) in [4.78, 5) is 29.6. The second-order valence-corrected chi connectivity index (χ2v) is 5.77. The first-order valence-corrected chi connectivity index (χ1v) is 6.98. The lowest BCUT2D eigenvalue weighted by molar-refractivity contribution is -0.155. The molecule has 2 saturated heterocycles. The SMILES string of the molecule is Cc1nc(CC(=O)N2C[C@@H]3CC[C@H]2[C@H](C(=O)O)C3)co1. The van der Waals surface area contributed by atoms with Gasteiger partial charge in [-0.3, -0.25) is 9.59 Å². The van der Waals surface area contributed by atoms with Crippen molar-refractivity contribution < 1.29 is 19.1 Å². The van der Waals surface area contributed by atoms with Gasteiger partial charge in [0.1, 0.15) is 6.26 Å². The van der Waals surface area contributed by atoms with Gasteiger partial charge in [-0.2, -0.15) is 0 Å². The molecule has 3 atom stereocenters. The third-order valence-electron chi connectivity index (χ3n) is 4.41. The van der Waals surface area contributed by atoms with Crippen LogP contribution in [0.4, 0.5) is 0 Å². The fourth-order valence-corrected chi connectivity index (χ4v) is 3.49. The Labute approximate surface area is 116 Å². The predicted octanol–water partition coefficient (Wildman–Crippen LogP) is 1.24. The summed E-state index contributed by atoms with van der Waals surface area (Å²) in [6.45, 7) is 2.42. The molecule has 108 valence electrons. The number of oxazole rings is 1. The molecule has 6 nitrogen and oxygen atoms in total. The molecule has 1 saturated carbocycles.